The Morgan fingerprint density at radius 2 is 1.77 bits per heavy atom. The van der Waals surface area contributed by atoms with Crippen molar-refractivity contribution in [3.8, 4) is 5.75 Å². The van der Waals surface area contributed by atoms with Gasteiger partial charge in [0.2, 0.25) is 6.10 Å². The Bertz CT molecular complexity index is 814. The molecule has 0 bridgehead atoms. The number of likely N-dealkylation sites (tertiary alicyclic amines) is 1. The van der Waals surface area contributed by atoms with Crippen LogP contribution in [0.1, 0.15) is 24.4 Å². The van der Waals surface area contributed by atoms with Gasteiger partial charge < -0.3 is 24.7 Å². The molecule has 1 aliphatic heterocycles. The number of ether oxygens (including phenoxy) is 1. The fraction of sp³-hybridized carbons (Fsp3) is 0.579. The number of alkyl halides is 3. The van der Waals surface area contributed by atoms with Crippen molar-refractivity contribution in [1.82, 2.24) is 9.80 Å². The SMILES string of the molecule is CN(C)C(c1cc(Cl)c(Cl)cc1O)C1CCN(C(=O)[C@@H](CO)OC(=O)C(F)(F)F)CC1. The number of aliphatic hydroxyl groups excluding tert-OH is 1. The van der Waals surface area contributed by atoms with Gasteiger partial charge in [-0.25, -0.2) is 4.79 Å². The predicted molar refractivity (Wildman–Crippen MR) is 107 cm³/mol. The van der Waals surface area contributed by atoms with Crippen molar-refractivity contribution >= 4 is 35.1 Å². The van der Waals surface area contributed by atoms with Crippen LogP contribution in [0.5, 0.6) is 5.75 Å². The second kappa shape index (κ2) is 10.2. The van der Waals surface area contributed by atoms with Crippen molar-refractivity contribution in [1.29, 1.82) is 0 Å². The molecule has 7 nitrogen and oxygen atoms in total. The molecule has 0 radical (unpaired) electrons. The Labute approximate surface area is 187 Å². The van der Waals surface area contributed by atoms with Crippen molar-refractivity contribution in [2.24, 2.45) is 5.92 Å². The fourth-order valence-corrected chi connectivity index (χ4v) is 4.07. The third kappa shape index (κ3) is 6.15. The monoisotopic (exact) mass is 486 g/mol. The van der Waals surface area contributed by atoms with Crippen LogP contribution in [0.4, 0.5) is 13.2 Å². The topological polar surface area (TPSA) is 90.3 Å². The van der Waals surface area contributed by atoms with E-state index in [-0.39, 0.29) is 40.8 Å². The van der Waals surface area contributed by atoms with Crippen LogP contribution in [0, 0.1) is 5.92 Å². The van der Waals surface area contributed by atoms with Crippen molar-refractivity contribution in [2.45, 2.75) is 31.2 Å². The van der Waals surface area contributed by atoms with Crippen LogP contribution < -0.4 is 0 Å². The molecule has 1 amide bonds. The van der Waals surface area contributed by atoms with Crippen LogP contribution in [0.25, 0.3) is 0 Å². The average Bonchev–Trinajstić information content (AvgIpc) is 2.69. The number of carbonyl (C=O) groups is 2. The van der Waals surface area contributed by atoms with Gasteiger partial charge in [0.25, 0.3) is 5.91 Å². The minimum absolute atomic E-state index is 0.0208. The summed E-state index contributed by atoms with van der Waals surface area (Å²) in [5, 5.41) is 20.1. The van der Waals surface area contributed by atoms with E-state index in [4.69, 9.17) is 23.2 Å². The molecule has 31 heavy (non-hydrogen) atoms. The lowest BCUT2D eigenvalue weighted by Gasteiger charge is -2.39. The number of esters is 1. The van der Waals surface area contributed by atoms with Crippen molar-refractivity contribution in [3.05, 3.63) is 27.7 Å². The van der Waals surface area contributed by atoms with Gasteiger partial charge in [-0.15, -0.1) is 0 Å². The molecule has 1 aliphatic rings. The Morgan fingerprint density at radius 1 is 1.23 bits per heavy atom. The zero-order valence-corrected chi connectivity index (χ0v) is 18.3. The van der Waals surface area contributed by atoms with Crippen LogP contribution in [-0.2, 0) is 14.3 Å². The summed E-state index contributed by atoms with van der Waals surface area (Å²) in [7, 11) is 3.64. The molecular formula is C19H23Cl2F3N2O5. The van der Waals surface area contributed by atoms with E-state index in [0.717, 1.165) is 0 Å². The third-order valence-electron chi connectivity index (χ3n) is 5.16. The summed E-state index contributed by atoms with van der Waals surface area (Å²) in [4.78, 5) is 26.6. The lowest BCUT2D eigenvalue weighted by molar-refractivity contribution is -0.208. The molecule has 2 atom stereocenters. The van der Waals surface area contributed by atoms with E-state index in [0.29, 0.717) is 18.4 Å². The van der Waals surface area contributed by atoms with Crippen LogP contribution >= 0.6 is 23.2 Å². The lowest BCUT2D eigenvalue weighted by Crippen LogP contribution is -2.48. The van der Waals surface area contributed by atoms with E-state index in [9.17, 15) is 33.0 Å². The molecule has 1 unspecified atom stereocenters. The first-order valence-electron chi connectivity index (χ1n) is 9.38. The number of rotatable bonds is 6. The number of benzene rings is 1. The van der Waals surface area contributed by atoms with Gasteiger partial charge in [0, 0.05) is 30.8 Å². The molecule has 2 N–H and O–H groups in total. The lowest BCUT2D eigenvalue weighted by atomic mass is 9.84. The maximum atomic E-state index is 12.4. The number of aliphatic hydroxyl groups is 1. The molecule has 2 rings (SSSR count). The Kier molecular flexibility index (Phi) is 8.43. The third-order valence-corrected chi connectivity index (χ3v) is 5.89. The van der Waals surface area contributed by atoms with Crippen molar-refractivity contribution in [2.75, 3.05) is 33.8 Å². The first-order valence-corrected chi connectivity index (χ1v) is 10.1. The van der Waals surface area contributed by atoms with Crippen LogP contribution in [0.3, 0.4) is 0 Å². The van der Waals surface area contributed by atoms with Gasteiger partial charge in [0.1, 0.15) is 5.75 Å². The van der Waals surface area contributed by atoms with E-state index in [2.05, 4.69) is 4.74 Å². The summed E-state index contributed by atoms with van der Waals surface area (Å²) < 4.78 is 41.3. The highest BCUT2D eigenvalue weighted by Gasteiger charge is 2.44. The fourth-order valence-electron chi connectivity index (χ4n) is 3.74. The largest absolute Gasteiger partial charge is 0.508 e. The number of hydrogen-bond donors (Lipinski definition) is 2. The summed E-state index contributed by atoms with van der Waals surface area (Å²) in [6.45, 7) is -0.704. The highest BCUT2D eigenvalue weighted by Crippen LogP contribution is 2.41. The predicted octanol–water partition coefficient (Wildman–Crippen LogP) is 3.01. The van der Waals surface area contributed by atoms with Crippen molar-refractivity contribution < 1.29 is 37.7 Å². The minimum atomic E-state index is -5.26. The summed E-state index contributed by atoms with van der Waals surface area (Å²) >= 11 is 12.0. The first kappa shape index (κ1) is 25.5. The number of halogens is 5. The molecule has 1 aromatic rings. The normalized spacial score (nSPS) is 17.5. The smallest absolute Gasteiger partial charge is 0.490 e. The molecule has 1 saturated heterocycles. The Hall–Kier alpha value is -1.75. The van der Waals surface area contributed by atoms with E-state index >= 15 is 0 Å². The van der Waals surface area contributed by atoms with E-state index in [1.807, 2.05) is 19.0 Å². The Balaban J connectivity index is 2.10. The number of carbonyl (C=O) groups excluding carboxylic acids is 2. The zero-order chi connectivity index (χ0) is 23.5. The highest BCUT2D eigenvalue weighted by molar-refractivity contribution is 6.42. The van der Waals surface area contributed by atoms with Gasteiger partial charge in [0.15, 0.2) is 0 Å². The second-order valence-corrected chi connectivity index (χ2v) is 8.28. The number of phenolic OH excluding ortho intramolecular Hbond substituents is 1. The van der Waals surface area contributed by atoms with E-state index < -0.39 is 30.8 Å². The number of hydrogen-bond acceptors (Lipinski definition) is 6. The molecule has 1 heterocycles. The van der Waals surface area contributed by atoms with Crippen molar-refractivity contribution in [3.63, 3.8) is 0 Å². The molecule has 174 valence electrons. The maximum Gasteiger partial charge on any atom is 0.490 e. The van der Waals surface area contributed by atoms with Crippen LogP contribution in [0.2, 0.25) is 10.0 Å². The molecular weight excluding hydrogens is 464 g/mol. The zero-order valence-electron chi connectivity index (χ0n) is 16.8. The summed E-state index contributed by atoms with van der Waals surface area (Å²) in [6.07, 6.45) is -6.27. The Morgan fingerprint density at radius 3 is 2.26 bits per heavy atom. The number of piperidine rings is 1. The number of amides is 1. The maximum absolute atomic E-state index is 12.4. The number of nitrogens with zero attached hydrogens (tertiary/aromatic N) is 2. The number of aromatic hydroxyl groups is 1. The van der Waals surface area contributed by atoms with Gasteiger partial charge in [0.05, 0.1) is 16.7 Å². The van der Waals surface area contributed by atoms with E-state index in [1.165, 1.54) is 11.0 Å². The first-order chi connectivity index (χ1) is 14.4. The van der Waals surface area contributed by atoms with E-state index in [1.54, 1.807) is 6.07 Å². The molecule has 1 fully saturated rings. The number of phenols is 1. The van der Waals surface area contributed by atoms with Gasteiger partial charge >= 0.3 is 12.1 Å². The highest BCUT2D eigenvalue weighted by atomic mass is 35.5. The van der Waals surface area contributed by atoms with Gasteiger partial charge in [-0.2, -0.15) is 13.2 Å². The van der Waals surface area contributed by atoms with Crippen LogP contribution in [-0.4, -0.2) is 78.0 Å². The summed E-state index contributed by atoms with van der Waals surface area (Å²) in [5.41, 5.74) is 0.566. The minimum Gasteiger partial charge on any atom is -0.508 e. The quantitative estimate of drug-likeness (QED) is 0.600. The van der Waals surface area contributed by atoms with Gasteiger partial charge in [-0.3, -0.25) is 4.79 Å². The average molecular weight is 487 g/mol. The standard InChI is InChI=1S/C19H23Cl2F3N2O5/c1-25(2)16(11-7-12(20)13(21)8-14(11)28)10-3-5-26(6-4-10)17(29)15(9-27)31-18(30)19(22,23)24/h7-8,10,15-16,27-28H,3-6,9H2,1-2H3/t15-,16?/m1/s1. The van der Waals surface area contributed by atoms with Gasteiger partial charge in [-0.05, 0) is 38.9 Å². The molecule has 0 saturated carbocycles. The summed E-state index contributed by atoms with van der Waals surface area (Å²) in [6, 6.07) is 2.68. The molecule has 0 aliphatic carbocycles. The van der Waals surface area contributed by atoms with Crippen LogP contribution in [0.15, 0.2) is 12.1 Å². The molecule has 12 heteroatoms. The molecule has 1 aromatic carbocycles. The summed E-state index contributed by atoms with van der Waals surface area (Å²) in [5.74, 6) is -3.46. The molecule has 0 aromatic heterocycles. The second-order valence-electron chi connectivity index (χ2n) is 7.47. The van der Waals surface area contributed by atoms with Gasteiger partial charge in [-0.1, -0.05) is 23.2 Å². The molecule has 0 spiro atoms.